The minimum atomic E-state index is -0.0729. The molecule has 0 aliphatic heterocycles. The molecular weight excluding hydrogens is 320 g/mol. The van der Waals surface area contributed by atoms with Crippen molar-refractivity contribution in [1.29, 1.82) is 0 Å². The largest absolute Gasteiger partial charge is 0.493 e. The quantitative estimate of drug-likeness (QED) is 0.481. The lowest BCUT2D eigenvalue weighted by atomic mass is 10.1. The molecule has 0 atom stereocenters. The molecule has 0 aliphatic carbocycles. The van der Waals surface area contributed by atoms with Gasteiger partial charge in [-0.05, 0) is 43.7 Å². The highest BCUT2D eigenvalue weighted by Crippen LogP contribution is 2.25. The van der Waals surface area contributed by atoms with Gasteiger partial charge < -0.3 is 25.4 Å². The number of hydrogen-bond donors (Lipinski definition) is 2. The average Bonchev–Trinajstić information content (AvgIpc) is 2.63. The Morgan fingerprint density at radius 1 is 0.800 bits per heavy atom. The highest BCUT2D eigenvalue weighted by Gasteiger charge is 2.10. The van der Waals surface area contributed by atoms with Crippen LogP contribution < -0.4 is 26.4 Å². The molecule has 6 nitrogen and oxygen atoms in total. The number of rotatable bonds is 8. The van der Waals surface area contributed by atoms with E-state index in [1.54, 1.807) is 36.4 Å². The van der Waals surface area contributed by atoms with E-state index in [4.69, 9.17) is 25.4 Å². The summed E-state index contributed by atoms with van der Waals surface area (Å²) < 4.78 is 17.1. The van der Waals surface area contributed by atoms with E-state index in [0.29, 0.717) is 59.7 Å². The fourth-order valence-electron chi connectivity index (χ4n) is 2.61. The molecule has 0 radical (unpaired) electrons. The first-order valence-corrected chi connectivity index (χ1v) is 8.39. The van der Waals surface area contributed by atoms with Crippen LogP contribution in [-0.4, -0.2) is 26.3 Å². The van der Waals surface area contributed by atoms with Crippen LogP contribution >= 0.6 is 0 Å². The molecular formula is C19H22N2O4. The van der Waals surface area contributed by atoms with Gasteiger partial charge in [0.25, 0.3) is 0 Å². The Balaban J connectivity index is 1.94. The Morgan fingerprint density at radius 3 is 1.96 bits per heavy atom. The van der Waals surface area contributed by atoms with Crippen LogP contribution in [0.2, 0.25) is 0 Å². The van der Waals surface area contributed by atoms with Crippen LogP contribution in [0.5, 0.6) is 11.5 Å². The van der Waals surface area contributed by atoms with Crippen LogP contribution in [0.3, 0.4) is 0 Å². The van der Waals surface area contributed by atoms with Crippen LogP contribution in [0.1, 0.15) is 12.8 Å². The summed E-state index contributed by atoms with van der Waals surface area (Å²) in [4.78, 5) is 12.6. The summed E-state index contributed by atoms with van der Waals surface area (Å²) in [5.41, 5.74) is 11.8. The number of unbranched alkanes of at least 4 members (excludes halogenated alkanes) is 1. The predicted molar refractivity (Wildman–Crippen MR) is 98.3 cm³/mol. The summed E-state index contributed by atoms with van der Waals surface area (Å²) in [5, 5.41) is 1.04. The molecule has 0 aliphatic rings. The normalized spacial score (nSPS) is 11.1. The van der Waals surface area contributed by atoms with E-state index < -0.39 is 0 Å². The van der Waals surface area contributed by atoms with Gasteiger partial charge >= 0.3 is 0 Å². The molecule has 3 rings (SSSR count). The Bertz CT molecular complexity index is 920. The van der Waals surface area contributed by atoms with Crippen LogP contribution in [0, 0.1) is 0 Å². The van der Waals surface area contributed by atoms with Crippen molar-refractivity contribution in [1.82, 2.24) is 0 Å². The van der Waals surface area contributed by atoms with E-state index in [-0.39, 0.29) is 5.43 Å². The van der Waals surface area contributed by atoms with E-state index in [0.717, 1.165) is 12.8 Å². The maximum atomic E-state index is 12.6. The molecule has 0 spiro atoms. The van der Waals surface area contributed by atoms with Crippen LogP contribution in [-0.2, 0) is 0 Å². The summed E-state index contributed by atoms with van der Waals surface area (Å²) in [5.74, 6) is 1.29. The third-order valence-electron chi connectivity index (χ3n) is 3.87. The Morgan fingerprint density at radius 2 is 1.40 bits per heavy atom. The molecule has 4 N–H and O–H groups in total. The number of benzene rings is 2. The summed E-state index contributed by atoms with van der Waals surface area (Å²) in [6.07, 6.45) is 1.80. The Hall–Kier alpha value is -2.57. The molecule has 6 heteroatoms. The van der Waals surface area contributed by atoms with E-state index >= 15 is 0 Å². The molecule has 0 amide bonds. The Kier molecular flexibility index (Phi) is 5.53. The molecule has 1 heterocycles. The summed E-state index contributed by atoms with van der Waals surface area (Å²) in [6, 6.07) is 10.4. The molecule has 0 bridgehead atoms. The lowest BCUT2D eigenvalue weighted by Gasteiger charge is -2.08. The van der Waals surface area contributed by atoms with Crippen molar-refractivity contribution >= 4 is 21.9 Å². The van der Waals surface area contributed by atoms with Gasteiger partial charge in [-0.25, -0.2) is 0 Å². The van der Waals surface area contributed by atoms with Gasteiger partial charge in [0.1, 0.15) is 29.3 Å². The van der Waals surface area contributed by atoms with E-state index in [1.807, 2.05) is 0 Å². The van der Waals surface area contributed by atoms with Gasteiger partial charge in [0.05, 0.1) is 17.4 Å². The second kappa shape index (κ2) is 8.00. The van der Waals surface area contributed by atoms with Gasteiger partial charge in [-0.3, -0.25) is 4.79 Å². The van der Waals surface area contributed by atoms with Crippen molar-refractivity contribution in [2.75, 3.05) is 26.3 Å². The molecule has 1 aromatic heterocycles. The van der Waals surface area contributed by atoms with Gasteiger partial charge in [0.2, 0.25) is 5.43 Å². The van der Waals surface area contributed by atoms with Gasteiger partial charge in [-0.1, -0.05) is 0 Å². The third-order valence-corrected chi connectivity index (χ3v) is 3.87. The highest BCUT2D eigenvalue weighted by molar-refractivity contribution is 5.90. The second-order valence-corrected chi connectivity index (χ2v) is 5.73. The van der Waals surface area contributed by atoms with Crippen molar-refractivity contribution in [3.05, 3.63) is 46.6 Å². The minimum Gasteiger partial charge on any atom is -0.493 e. The molecule has 2 aromatic carbocycles. The highest BCUT2D eigenvalue weighted by atomic mass is 16.5. The average molecular weight is 342 g/mol. The van der Waals surface area contributed by atoms with Crippen molar-refractivity contribution in [3.63, 3.8) is 0 Å². The van der Waals surface area contributed by atoms with Gasteiger partial charge in [0.15, 0.2) is 0 Å². The minimum absolute atomic E-state index is 0.0729. The molecule has 0 saturated heterocycles. The molecule has 25 heavy (non-hydrogen) atoms. The zero-order valence-corrected chi connectivity index (χ0v) is 14.0. The topological polar surface area (TPSA) is 101 Å². The standard InChI is InChI=1S/C19H22N2O4/c20-7-1-2-9-23-13-3-5-15-17(11-13)25-18-12-14(24-10-8-21)4-6-16(18)19(15)22/h3-6,11-12H,1-2,7-10,20-21H2. The zero-order chi connectivity index (χ0) is 17.6. The van der Waals surface area contributed by atoms with Crippen LogP contribution in [0.4, 0.5) is 0 Å². The maximum Gasteiger partial charge on any atom is 0.200 e. The van der Waals surface area contributed by atoms with E-state index in [2.05, 4.69) is 0 Å². The predicted octanol–water partition coefficient (Wildman–Crippen LogP) is 2.40. The number of ether oxygens (including phenoxy) is 2. The van der Waals surface area contributed by atoms with Gasteiger partial charge in [0, 0.05) is 18.7 Å². The fraction of sp³-hybridized carbons (Fsp3) is 0.316. The van der Waals surface area contributed by atoms with Gasteiger partial charge in [-0.15, -0.1) is 0 Å². The second-order valence-electron chi connectivity index (χ2n) is 5.73. The lowest BCUT2D eigenvalue weighted by molar-refractivity contribution is 0.308. The zero-order valence-electron chi connectivity index (χ0n) is 14.0. The SMILES string of the molecule is NCCCCOc1ccc2c(=O)c3ccc(OCCN)cc3oc2c1. The smallest absolute Gasteiger partial charge is 0.200 e. The van der Waals surface area contributed by atoms with Crippen molar-refractivity contribution in [2.45, 2.75) is 12.8 Å². The molecule has 3 aromatic rings. The summed E-state index contributed by atoms with van der Waals surface area (Å²) in [6.45, 7) is 2.06. The number of nitrogens with two attached hydrogens (primary N) is 2. The lowest BCUT2D eigenvalue weighted by Crippen LogP contribution is -2.10. The molecule has 132 valence electrons. The number of hydrogen-bond acceptors (Lipinski definition) is 6. The maximum absolute atomic E-state index is 12.6. The molecule has 0 saturated carbocycles. The molecule has 0 unspecified atom stereocenters. The third kappa shape index (κ3) is 3.92. The fourth-order valence-corrected chi connectivity index (χ4v) is 2.61. The van der Waals surface area contributed by atoms with Crippen molar-refractivity contribution < 1.29 is 13.9 Å². The monoisotopic (exact) mass is 342 g/mol. The first kappa shape index (κ1) is 17.3. The Labute approximate surface area is 145 Å². The first-order chi connectivity index (χ1) is 12.2. The van der Waals surface area contributed by atoms with Crippen LogP contribution in [0.25, 0.3) is 21.9 Å². The van der Waals surface area contributed by atoms with Gasteiger partial charge in [-0.2, -0.15) is 0 Å². The van der Waals surface area contributed by atoms with Crippen molar-refractivity contribution in [3.8, 4) is 11.5 Å². The van der Waals surface area contributed by atoms with E-state index in [9.17, 15) is 4.79 Å². The first-order valence-electron chi connectivity index (χ1n) is 8.39. The van der Waals surface area contributed by atoms with Crippen molar-refractivity contribution in [2.24, 2.45) is 11.5 Å². The summed E-state index contributed by atoms with van der Waals surface area (Å²) >= 11 is 0. The molecule has 0 fully saturated rings. The summed E-state index contributed by atoms with van der Waals surface area (Å²) in [7, 11) is 0. The number of fused-ring (bicyclic) bond motifs is 2. The van der Waals surface area contributed by atoms with Crippen LogP contribution in [0.15, 0.2) is 45.6 Å². The van der Waals surface area contributed by atoms with E-state index in [1.165, 1.54) is 0 Å².